The summed E-state index contributed by atoms with van der Waals surface area (Å²) in [7, 11) is 0. The van der Waals surface area contributed by atoms with Gasteiger partial charge < -0.3 is 0 Å². The molecule has 0 amide bonds. The van der Waals surface area contributed by atoms with Gasteiger partial charge in [0.1, 0.15) is 0 Å². The molecule has 3 rings (SSSR count). The first kappa shape index (κ1) is 19.2. The number of allylic oxidation sites excluding steroid dienone is 2. The van der Waals surface area contributed by atoms with Gasteiger partial charge in [-0.3, -0.25) is 0 Å². The van der Waals surface area contributed by atoms with Crippen LogP contribution in [0, 0.1) is 0 Å². The van der Waals surface area contributed by atoms with Crippen molar-refractivity contribution in [3.05, 3.63) is 82.4 Å². The number of benzene rings is 2. The molecular weight excluding hydrogens is 276 g/mol. The quantitative estimate of drug-likeness (QED) is 0.548. The maximum absolute atomic E-state index is 2.29. The average molecular weight is 309 g/mol. The fourth-order valence-corrected chi connectivity index (χ4v) is 3.02. The van der Waals surface area contributed by atoms with Crippen LogP contribution in [0.3, 0.4) is 0 Å². The lowest BCUT2D eigenvalue weighted by Crippen LogP contribution is -2.10. The molecule has 0 saturated carbocycles. The van der Waals surface area contributed by atoms with Crippen LogP contribution in [0.4, 0.5) is 0 Å². The highest BCUT2D eigenvalue weighted by Crippen LogP contribution is 2.29. The van der Waals surface area contributed by atoms with Crippen molar-refractivity contribution in [3.63, 3.8) is 0 Å². The van der Waals surface area contributed by atoms with Gasteiger partial charge in [0.2, 0.25) is 0 Å². The molecule has 0 N–H and O–H groups in total. The molecule has 0 radical (unpaired) electrons. The second kappa shape index (κ2) is 10.8. The first-order valence-electron chi connectivity index (χ1n) is 9.17. The van der Waals surface area contributed by atoms with Gasteiger partial charge in [-0.25, -0.2) is 0 Å². The lowest BCUT2D eigenvalue weighted by atomic mass is 9.82. The number of rotatable bonds is 3. The van der Waals surface area contributed by atoms with Crippen LogP contribution in [0.5, 0.6) is 0 Å². The topological polar surface area (TPSA) is 0 Å². The third-order valence-electron chi connectivity index (χ3n) is 4.11. The van der Waals surface area contributed by atoms with E-state index in [0.717, 1.165) is 19.3 Å². The molecule has 0 heterocycles. The van der Waals surface area contributed by atoms with Gasteiger partial charge in [-0.15, -0.1) is 0 Å². The first-order chi connectivity index (χ1) is 11.4. The van der Waals surface area contributed by atoms with Gasteiger partial charge in [0.15, 0.2) is 0 Å². The molecule has 0 heteroatoms. The second-order valence-electron chi connectivity index (χ2n) is 5.35. The predicted octanol–water partition coefficient (Wildman–Crippen LogP) is 6.79. The van der Waals surface area contributed by atoms with E-state index in [-0.39, 0.29) is 0 Å². The van der Waals surface area contributed by atoms with Crippen molar-refractivity contribution in [2.24, 2.45) is 0 Å². The van der Waals surface area contributed by atoms with Crippen molar-refractivity contribution in [1.29, 1.82) is 0 Å². The van der Waals surface area contributed by atoms with E-state index in [4.69, 9.17) is 0 Å². The van der Waals surface area contributed by atoms with Gasteiger partial charge in [-0.2, -0.15) is 0 Å². The third-order valence-corrected chi connectivity index (χ3v) is 4.11. The first-order valence-corrected chi connectivity index (χ1v) is 9.17. The SMILES string of the molecule is CC.CC.CCC1=C(Cc2ccccc2)Cc2ccccc2C1. The van der Waals surface area contributed by atoms with Gasteiger partial charge in [0.05, 0.1) is 0 Å². The van der Waals surface area contributed by atoms with Crippen molar-refractivity contribution in [2.45, 2.75) is 60.3 Å². The Bertz CT molecular complexity index is 590. The van der Waals surface area contributed by atoms with E-state index in [1.54, 1.807) is 11.1 Å². The molecular formula is C23H32. The fourth-order valence-electron chi connectivity index (χ4n) is 3.02. The zero-order valence-electron chi connectivity index (χ0n) is 15.5. The summed E-state index contributed by atoms with van der Waals surface area (Å²) in [5.74, 6) is 0. The lowest BCUT2D eigenvalue weighted by Gasteiger charge is -2.23. The van der Waals surface area contributed by atoms with E-state index in [9.17, 15) is 0 Å². The van der Waals surface area contributed by atoms with Crippen LogP contribution in [-0.2, 0) is 19.3 Å². The monoisotopic (exact) mass is 308 g/mol. The summed E-state index contributed by atoms with van der Waals surface area (Å²) in [5, 5.41) is 0. The zero-order chi connectivity index (χ0) is 17.1. The Hall–Kier alpha value is -1.82. The highest BCUT2D eigenvalue weighted by molar-refractivity contribution is 5.42. The van der Waals surface area contributed by atoms with E-state index < -0.39 is 0 Å². The van der Waals surface area contributed by atoms with E-state index in [1.165, 1.54) is 23.1 Å². The van der Waals surface area contributed by atoms with E-state index in [0.29, 0.717) is 0 Å². The van der Waals surface area contributed by atoms with Crippen LogP contribution >= 0.6 is 0 Å². The number of fused-ring (bicyclic) bond motifs is 1. The zero-order valence-corrected chi connectivity index (χ0v) is 15.5. The van der Waals surface area contributed by atoms with Gasteiger partial charge in [0.25, 0.3) is 0 Å². The normalized spacial score (nSPS) is 12.4. The minimum Gasteiger partial charge on any atom is -0.0683 e. The van der Waals surface area contributed by atoms with Crippen molar-refractivity contribution in [2.75, 3.05) is 0 Å². The highest BCUT2D eigenvalue weighted by atomic mass is 14.2. The maximum atomic E-state index is 2.29. The molecule has 0 fully saturated rings. The van der Waals surface area contributed by atoms with Gasteiger partial charge in [-0.05, 0) is 42.4 Å². The molecule has 0 aliphatic heterocycles. The lowest BCUT2D eigenvalue weighted by molar-refractivity contribution is 0.858. The Labute approximate surface area is 143 Å². The number of hydrogen-bond donors (Lipinski definition) is 0. The third kappa shape index (κ3) is 5.39. The molecule has 124 valence electrons. The maximum Gasteiger partial charge on any atom is -0.00581 e. The van der Waals surface area contributed by atoms with E-state index in [1.807, 2.05) is 27.7 Å². The Morgan fingerprint density at radius 1 is 0.652 bits per heavy atom. The summed E-state index contributed by atoms with van der Waals surface area (Å²) < 4.78 is 0. The van der Waals surface area contributed by atoms with Crippen molar-refractivity contribution >= 4 is 0 Å². The highest BCUT2D eigenvalue weighted by Gasteiger charge is 2.16. The minimum atomic E-state index is 1.11. The van der Waals surface area contributed by atoms with E-state index in [2.05, 4.69) is 61.5 Å². The molecule has 0 nitrogen and oxygen atoms in total. The summed E-state index contributed by atoms with van der Waals surface area (Å²) >= 11 is 0. The molecule has 2 aromatic rings. The summed E-state index contributed by atoms with van der Waals surface area (Å²) in [6, 6.07) is 19.7. The Kier molecular flexibility index (Phi) is 9.05. The standard InChI is InChI=1S/C19H20.2C2H6/c1-2-16-13-17-10-6-7-11-18(17)14-19(16)12-15-8-4-3-5-9-15;2*1-2/h3-11H,2,12-14H2,1H3;2*1-2H3. The second-order valence-corrected chi connectivity index (χ2v) is 5.35. The minimum absolute atomic E-state index is 1.11. The molecule has 0 aromatic heterocycles. The summed E-state index contributed by atoms with van der Waals surface area (Å²) in [4.78, 5) is 0. The Morgan fingerprint density at radius 2 is 1.13 bits per heavy atom. The molecule has 0 saturated heterocycles. The van der Waals surface area contributed by atoms with Crippen LogP contribution in [0.1, 0.15) is 57.7 Å². The van der Waals surface area contributed by atoms with Gasteiger partial charge in [0, 0.05) is 0 Å². The van der Waals surface area contributed by atoms with Crippen molar-refractivity contribution < 1.29 is 0 Å². The molecule has 0 atom stereocenters. The Morgan fingerprint density at radius 3 is 1.65 bits per heavy atom. The molecule has 2 aromatic carbocycles. The molecule has 0 unspecified atom stereocenters. The van der Waals surface area contributed by atoms with E-state index >= 15 is 0 Å². The molecule has 1 aliphatic rings. The smallest absolute Gasteiger partial charge is 0.00581 e. The van der Waals surface area contributed by atoms with Crippen LogP contribution in [-0.4, -0.2) is 0 Å². The Balaban J connectivity index is 0.000000615. The molecule has 1 aliphatic carbocycles. The summed E-state index contributed by atoms with van der Waals surface area (Å²) in [6.07, 6.45) is 4.57. The van der Waals surface area contributed by atoms with Crippen LogP contribution in [0.2, 0.25) is 0 Å². The van der Waals surface area contributed by atoms with Gasteiger partial charge >= 0.3 is 0 Å². The van der Waals surface area contributed by atoms with Crippen LogP contribution < -0.4 is 0 Å². The largest absolute Gasteiger partial charge is 0.0683 e. The predicted molar refractivity (Wildman–Crippen MR) is 104 cm³/mol. The average Bonchev–Trinajstić information content (AvgIpc) is 2.65. The molecule has 0 spiro atoms. The summed E-state index contributed by atoms with van der Waals surface area (Å²) in [6.45, 7) is 10.3. The van der Waals surface area contributed by atoms with Crippen molar-refractivity contribution in [1.82, 2.24) is 0 Å². The van der Waals surface area contributed by atoms with Crippen LogP contribution in [0.25, 0.3) is 0 Å². The molecule has 23 heavy (non-hydrogen) atoms. The number of hydrogen-bond acceptors (Lipinski definition) is 0. The van der Waals surface area contributed by atoms with Gasteiger partial charge in [-0.1, -0.05) is 100 Å². The van der Waals surface area contributed by atoms with Crippen molar-refractivity contribution in [3.8, 4) is 0 Å². The van der Waals surface area contributed by atoms with Crippen LogP contribution in [0.15, 0.2) is 65.7 Å². The summed E-state index contributed by atoms with van der Waals surface area (Å²) in [5.41, 5.74) is 7.75. The molecule has 0 bridgehead atoms. The fraction of sp³-hybridized carbons (Fsp3) is 0.391.